The van der Waals surface area contributed by atoms with Gasteiger partial charge in [0.25, 0.3) is 5.56 Å². The average Bonchev–Trinajstić information content (AvgIpc) is 2.63. The first-order valence-electron chi connectivity index (χ1n) is 9.52. The zero-order valence-electron chi connectivity index (χ0n) is 16.0. The van der Waals surface area contributed by atoms with Crippen LogP contribution < -0.4 is 11.1 Å². The first-order valence-corrected chi connectivity index (χ1v) is 9.52. The molecule has 0 saturated heterocycles. The molecule has 0 unspecified atom stereocenters. The molecule has 2 heterocycles. The number of ketones is 2. The van der Waals surface area contributed by atoms with Crippen molar-refractivity contribution in [2.75, 3.05) is 0 Å². The van der Waals surface area contributed by atoms with E-state index in [-0.39, 0.29) is 33.9 Å². The molecule has 2 aromatic heterocycles. The Labute approximate surface area is 157 Å². The molecule has 2 aromatic rings. The van der Waals surface area contributed by atoms with E-state index < -0.39 is 11.3 Å². The Balaban J connectivity index is 2.26. The maximum absolute atomic E-state index is 13.4. The van der Waals surface area contributed by atoms with Crippen molar-refractivity contribution < 1.29 is 9.59 Å². The zero-order valence-corrected chi connectivity index (χ0v) is 16.0. The third-order valence-electron chi connectivity index (χ3n) is 5.17. The summed E-state index contributed by atoms with van der Waals surface area (Å²) in [4.78, 5) is 55.8. The quantitative estimate of drug-likeness (QED) is 0.653. The predicted octanol–water partition coefficient (Wildman–Crippen LogP) is 2.83. The Hall–Kier alpha value is -2.76. The first kappa shape index (κ1) is 19.0. The Kier molecular flexibility index (Phi) is 5.26. The maximum Gasteiger partial charge on any atom is 0.251 e. The molecule has 1 aliphatic carbocycles. The lowest BCUT2D eigenvalue weighted by Gasteiger charge is -2.22. The molecule has 2 N–H and O–H groups in total. The number of hydrogen-bond donors (Lipinski definition) is 2. The summed E-state index contributed by atoms with van der Waals surface area (Å²) >= 11 is 0. The smallest absolute Gasteiger partial charge is 0.251 e. The SMILES string of the molecule is CCCCCc1cc(=O)[nH]c2c1C(=O)c1c([nH]c(=O)c(C)c1CCC)C2=O. The van der Waals surface area contributed by atoms with Crippen molar-refractivity contribution in [2.45, 2.75) is 59.3 Å². The molecular formula is C21H24N2O4. The molecule has 0 amide bonds. The molecule has 27 heavy (non-hydrogen) atoms. The third kappa shape index (κ3) is 3.20. The van der Waals surface area contributed by atoms with E-state index in [9.17, 15) is 19.2 Å². The van der Waals surface area contributed by atoms with Gasteiger partial charge in [0.1, 0.15) is 11.4 Å². The van der Waals surface area contributed by atoms with E-state index in [4.69, 9.17) is 0 Å². The highest BCUT2D eigenvalue weighted by Crippen LogP contribution is 2.30. The Morgan fingerprint density at radius 2 is 1.52 bits per heavy atom. The van der Waals surface area contributed by atoms with Crippen LogP contribution in [0.25, 0.3) is 0 Å². The standard InChI is InChI=1S/C21H24N2O4/c1-4-6-7-9-12-10-14(24)22-17-15(12)19(25)16-13(8-5-2)11(3)21(27)23-18(16)20(17)26/h10H,4-9H2,1-3H3,(H,22,24)(H,23,27). The van der Waals surface area contributed by atoms with Crippen LogP contribution >= 0.6 is 0 Å². The van der Waals surface area contributed by atoms with Gasteiger partial charge in [-0.15, -0.1) is 0 Å². The highest BCUT2D eigenvalue weighted by molar-refractivity contribution is 6.28. The molecule has 0 atom stereocenters. The Morgan fingerprint density at radius 3 is 2.19 bits per heavy atom. The van der Waals surface area contributed by atoms with E-state index >= 15 is 0 Å². The van der Waals surface area contributed by atoms with Gasteiger partial charge in [0, 0.05) is 11.6 Å². The van der Waals surface area contributed by atoms with Crippen LogP contribution in [-0.4, -0.2) is 21.5 Å². The molecule has 0 spiro atoms. The average molecular weight is 368 g/mol. The van der Waals surface area contributed by atoms with Crippen molar-refractivity contribution >= 4 is 11.6 Å². The fraction of sp³-hybridized carbons (Fsp3) is 0.429. The van der Waals surface area contributed by atoms with Crippen LogP contribution in [0, 0.1) is 6.92 Å². The zero-order chi connectivity index (χ0) is 19.7. The number of pyridine rings is 2. The number of unbranched alkanes of at least 4 members (excludes halogenated alkanes) is 2. The summed E-state index contributed by atoms with van der Waals surface area (Å²) in [5.74, 6) is -0.784. The van der Waals surface area contributed by atoms with Crippen LogP contribution in [0.15, 0.2) is 15.7 Å². The summed E-state index contributed by atoms with van der Waals surface area (Å²) in [6.45, 7) is 5.71. The highest BCUT2D eigenvalue weighted by Gasteiger charge is 2.36. The number of carbonyl (C=O) groups is 2. The summed E-state index contributed by atoms with van der Waals surface area (Å²) in [6.07, 6.45) is 4.70. The largest absolute Gasteiger partial charge is 0.318 e. The van der Waals surface area contributed by atoms with E-state index in [2.05, 4.69) is 16.9 Å². The summed E-state index contributed by atoms with van der Waals surface area (Å²) < 4.78 is 0. The van der Waals surface area contributed by atoms with E-state index in [0.717, 1.165) is 25.7 Å². The number of aromatic nitrogens is 2. The molecule has 6 heteroatoms. The number of hydrogen-bond acceptors (Lipinski definition) is 4. The first-order chi connectivity index (χ1) is 12.9. The fourth-order valence-corrected chi connectivity index (χ4v) is 3.78. The molecule has 3 rings (SSSR count). The molecule has 0 aliphatic heterocycles. The van der Waals surface area contributed by atoms with E-state index in [1.807, 2.05) is 6.92 Å². The minimum Gasteiger partial charge on any atom is -0.318 e. The van der Waals surface area contributed by atoms with Crippen LogP contribution in [0.3, 0.4) is 0 Å². The van der Waals surface area contributed by atoms with Gasteiger partial charge in [-0.1, -0.05) is 33.1 Å². The fourth-order valence-electron chi connectivity index (χ4n) is 3.78. The van der Waals surface area contributed by atoms with Crippen molar-refractivity contribution in [3.63, 3.8) is 0 Å². The second kappa shape index (κ2) is 7.47. The minimum atomic E-state index is -0.497. The van der Waals surface area contributed by atoms with Gasteiger partial charge in [0.15, 0.2) is 5.78 Å². The second-order valence-corrected chi connectivity index (χ2v) is 7.08. The van der Waals surface area contributed by atoms with Gasteiger partial charge < -0.3 is 9.97 Å². The second-order valence-electron chi connectivity index (χ2n) is 7.08. The maximum atomic E-state index is 13.4. The number of rotatable bonds is 6. The molecule has 0 saturated carbocycles. The molecule has 0 bridgehead atoms. The van der Waals surface area contributed by atoms with Crippen LogP contribution in [0.1, 0.15) is 88.3 Å². The number of fused-ring (bicyclic) bond motifs is 2. The van der Waals surface area contributed by atoms with Crippen LogP contribution in [0.2, 0.25) is 0 Å². The number of carbonyl (C=O) groups excluding carboxylic acids is 2. The number of H-pyrrole nitrogens is 2. The van der Waals surface area contributed by atoms with Crippen molar-refractivity contribution in [2.24, 2.45) is 0 Å². The van der Waals surface area contributed by atoms with E-state index in [0.29, 0.717) is 29.5 Å². The summed E-state index contributed by atoms with van der Waals surface area (Å²) in [7, 11) is 0. The van der Waals surface area contributed by atoms with E-state index in [1.165, 1.54) is 6.07 Å². The number of aromatic amines is 2. The minimum absolute atomic E-state index is 0.00606. The molecule has 0 radical (unpaired) electrons. The Bertz CT molecular complexity index is 1040. The number of nitrogens with one attached hydrogen (secondary N) is 2. The highest BCUT2D eigenvalue weighted by atomic mass is 16.2. The predicted molar refractivity (Wildman–Crippen MR) is 103 cm³/mol. The van der Waals surface area contributed by atoms with Crippen LogP contribution in [0.5, 0.6) is 0 Å². The van der Waals surface area contributed by atoms with Crippen LogP contribution in [0.4, 0.5) is 0 Å². The van der Waals surface area contributed by atoms with Gasteiger partial charge in [-0.25, -0.2) is 0 Å². The van der Waals surface area contributed by atoms with Crippen molar-refractivity contribution in [3.8, 4) is 0 Å². The molecule has 0 aromatic carbocycles. The van der Waals surface area contributed by atoms with E-state index in [1.54, 1.807) is 6.92 Å². The lowest BCUT2D eigenvalue weighted by Crippen LogP contribution is -2.33. The number of aryl methyl sites for hydroxylation is 1. The van der Waals surface area contributed by atoms with Gasteiger partial charge in [0.2, 0.25) is 11.3 Å². The van der Waals surface area contributed by atoms with Crippen molar-refractivity contribution in [3.05, 3.63) is 66.0 Å². The normalized spacial score (nSPS) is 12.9. The summed E-state index contributed by atoms with van der Waals surface area (Å²) in [6, 6.07) is 1.42. The lowest BCUT2D eigenvalue weighted by molar-refractivity contribution is 0.0969. The van der Waals surface area contributed by atoms with Gasteiger partial charge in [0.05, 0.1) is 11.1 Å². The topological polar surface area (TPSA) is 99.9 Å². The summed E-state index contributed by atoms with van der Waals surface area (Å²) in [5.41, 5.74) is 1.49. The third-order valence-corrected chi connectivity index (χ3v) is 5.17. The molecular weight excluding hydrogens is 344 g/mol. The molecule has 6 nitrogen and oxygen atoms in total. The lowest BCUT2D eigenvalue weighted by atomic mass is 9.82. The molecule has 142 valence electrons. The van der Waals surface area contributed by atoms with Crippen molar-refractivity contribution in [1.82, 2.24) is 9.97 Å². The van der Waals surface area contributed by atoms with Crippen LogP contribution in [-0.2, 0) is 12.8 Å². The summed E-state index contributed by atoms with van der Waals surface area (Å²) in [5, 5.41) is 0. The van der Waals surface area contributed by atoms with Gasteiger partial charge >= 0.3 is 0 Å². The molecule has 1 aliphatic rings. The Morgan fingerprint density at radius 1 is 0.815 bits per heavy atom. The van der Waals surface area contributed by atoms with Crippen molar-refractivity contribution in [1.29, 1.82) is 0 Å². The van der Waals surface area contributed by atoms with Gasteiger partial charge in [-0.3, -0.25) is 19.2 Å². The molecule has 0 fully saturated rings. The monoisotopic (exact) mass is 368 g/mol. The van der Waals surface area contributed by atoms with Gasteiger partial charge in [-0.05, 0) is 37.3 Å². The van der Waals surface area contributed by atoms with Gasteiger partial charge in [-0.2, -0.15) is 0 Å².